The van der Waals surface area contributed by atoms with E-state index in [-0.39, 0.29) is 18.1 Å². The lowest BCUT2D eigenvalue weighted by atomic mass is 9.96. The molecule has 4 heteroatoms. The van der Waals surface area contributed by atoms with Gasteiger partial charge in [0.05, 0.1) is 6.61 Å². The average molecular weight is 249 g/mol. The van der Waals surface area contributed by atoms with Gasteiger partial charge in [-0.3, -0.25) is 4.79 Å². The lowest BCUT2D eigenvalue weighted by Crippen LogP contribution is -2.44. The van der Waals surface area contributed by atoms with Crippen LogP contribution in [0.15, 0.2) is 24.3 Å². The predicted molar refractivity (Wildman–Crippen MR) is 68.2 cm³/mol. The summed E-state index contributed by atoms with van der Waals surface area (Å²) in [6.45, 7) is 2.97. The number of methoxy groups -OCH3 is 1. The van der Waals surface area contributed by atoms with E-state index in [4.69, 9.17) is 9.47 Å². The number of carbonyl (C=O) groups is 1. The molecule has 0 aromatic heterocycles. The van der Waals surface area contributed by atoms with Gasteiger partial charge in [-0.1, -0.05) is 24.3 Å². The largest absolute Gasteiger partial charge is 0.459 e. The lowest BCUT2D eigenvalue weighted by Gasteiger charge is -2.25. The number of rotatable bonds is 4. The number of ether oxygens (including phenoxy) is 2. The SMILES string of the molecule is COCC(C)OC(=O)C1Cc2ccccc2CN1. The van der Waals surface area contributed by atoms with Gasteiger partial charge >= 0.3 is 5.97 Å². The first kappa shape index (κ1) is 13.1. The van der Waals surface area contributed by atoms with E-state index in [2.05, 4.69) is 17.4 Å². The maximum absolute atomic E-state index is 12.0. The van der Waals surface area contributed by atoms with Gasteiger partial charge in [-0.05, 0) is 24.5 Å². The summed E-state index contributed by atoms with van der Waals surface area (Å²) in [4.78, 5) is 12.0. The first-order valence-corrected chi connectivity index (χ1v) is 6.20. The normalized spacial score (nSPS) is 20.0. The molecule has 1 aliphatic heterocycles. The van der Waals surface area contributed by atoms with Crippen LogP contribution in [0.5, 0.6) is 0 Å². The van der Waals surface area contributed by atoms with Gasteiger partial charge in [-0.25, -0.2) is 0 Å². The second-order valence-corrected chi connectivity index (χ2v) is 4.61. The number of hydrogen-bond donors (Lipinski definition) is 1. The highest BCUT2D eigenvalue weighted by Gasteiger charge is 2.26. The molecule has 18 heavy (non-hydrogen) atoms. The minimum absolute atomic E-state index is 0.200. The molecule has 1 aliphatic rings. The molecule has 2 unspecified atom stereocenters. The van der Waals surface area contributed by atoms with Crippen molar-refractivity contribution in [1.82, 2.24) is 5.32 Å². The highest BCUT2D eigenvalue weighted by molar-refractivity contribution is 5.76. The molecule has 0 radical (unpaired) electrons. The van der Waals surface area contributed by atoms with Crippen LogP contribution in [-0.2, 0) is 27.2 Å². The smallest absolute Gasteiger partial charge is 0.323 e. The molecule has 0 aliphatic carbocycles. The van der Waals surface area contributed by atoms with Gasteiger partial charge in [-0.2, -0.15) is 0 Å². The molecule has 4 nitrogen and oxygen atoms in total. The Morgan fingerprint density at radius 2 is 2.17 bits per heavy atom. The molecular formula is C14H19NO3. The zero-order chi connectivity index (χ0) is 13.0. The summed E-state index contributed by atoms with van der Waals surface area (Å²) in [5, 5.41) is 3.21. The third-order valence-corrected chi connectivity index (χ3v) is 3.08. The van der Waals surface area contributed by atoms with E-state index >= 15 is 0 Å². The van der Waals surface area contributed by atoms with E-state index in [0.29, 0.717) is 19.6 Å². The second-order valence-electron chi connectivity index (χ2n) is 4.61. The predicted octanol–water partition coefficient (Wildman–Crippen LogP) is 1.28. The first-order chi connectivity index (χ1) is 8.70. The summed E-state index contributed by atoms with van der Waals surface area (Å²) < 4.78 is 10.3. The molecule has 98 valence electrons. The Hall–Kier alpha value is -1.39. The summed E-state index contributed by atoms with van der Waals surface area (Å²) >= 11 is 0. The van der Waals surface area contributed by atoms with E-state index in [0.717, 1.165) is 0 Å². The maximum Gasteiger partial charge on any atom is 0.323 e. The molecule has 0 bridgehead atoms. The molecule has 1 aromatic rings. The zero-order valence-electron chi connectivity index (χ0n) is 10.8. The first-order valence-electron chi connectivity index (χ1n) is 6.20. The van der Waals surface area contributed by atoms with Gasteiger partial charge in [0, 0.05) is 13.7 Å². The Kier molecular flexibility index (Phi) is 4.33. The Morgan fingerprint density at radius 1 is 1.44 bits per heavy atom. The number of fused-ring (bicyclic) bond motifs is 1. The van der Waals surface area contributed by atoms with Crippen LogP contribution >= 0.6 is 0 Å². The van der Waals surface area contributed by atoms with E-state index in [9.17, 15) is 4.79 Å². The topological polar surface area (TPSA) is 47.6 Å². The molecule has 1 heterocycles. The summed E-state index contributed by atoms with van der Waals surface area (Å²) in [6, 6.07) is 7.91. The fourth-order valence-electron chi connectivity index (χ4n) is 2.17. The lowest BCUT2D eigenvalue weighted by molar-refractivity contribution is -0.153. The van der Waals surface area contributed by atoms with Crippen LogP contribution in [0.25, 0.3) is 0 Å². The average Bonchev–Trinajstić information content (AvgIpc) is 2.38. The van der Waals surface area contributed by atoms with Crippen molar-refractivity contribution in [1.29, 1.82) is 0 Å². The van der Waals surface area contributed by atoms with Crippen LogP contribution in [0.2, 0.25) is 0 Å². The Bertz CT molecular complexity index is 419. The summed E-state index contributed by atoms with van der Waals surface area (Å²) in [7, 11) is 1.60. The number of carbonyl (C=O) groups excluding carboxylic acids is 1. The molecule has 0 fully saturated rings. The fraction of sp³-hybridized carbons (Fsp3) is 0.500. The minimum atomic E-state index is -0.251. The summed E-state index contributed by atoms with van der Waals surface area (Å²) in [6.07, 6.45) is 0.482. The third kappa shape index (κ3) is 3.09. The van der Waals surface area contributed by atoms with Gasteiger partial charge in [0.15, 0.2) is 0 Å². The van der Waals surface area contributed by atoms with Crippen molar-refractivity contribution < 1.29 is 14.3 Å². The number of nitrogens with one attached hydrogen (secondary N) is 1. The Balaban J connectivity index is 1.94. The van der Waals surface area contributed by atoms with Crippen LogP contribution < -0.4 is 5.32 Å². The van der Waals surface area contributed by atoms with Crippen molar-refractivity contribution in [2.24, 2.45) is 0 Å². The van der Waals surface area contributed by atoms with Crippen LogP contribution in [0.4, 0.5) is 0 Å². The van der Waals surface area contributed by atoms with Crippen molar-refractivity contribution in [2.45, 2.75) is 32.0 Å². The van der Waals surface area contributed by atoms with Crippen molar-refractivity contribution in [3.8, 4) is 0 Å². The maximum atomic E-state index is 12.0. The quantitative estimate of drug-likeness (QED) is 0.817. The van der Waals surface area contributed by atoms with Crippen molar-refractivity contribution in [3.63, 3.8) is 0 Å². The van der Waals surface area contributed by atoms with E-state index in [1.165, 1.54) is 11.1 Å². The summed E-state index contributed by atoms with van der Waals surface area (Å²) in [5.74, 6) is -0.200. The molecule has 0 saturated carbocycles. The van der Waals surface area contributed by atoms with Crippen LogP contribution in [0.1, 0.15) is 18.1 Å². The van der Waals surface area contributed by atoms with Crippen LogP contribution in [0.3, 0.4) is 0 Å². The number of benzene rings is 1. The Morgan fingerprint density at radius 3 is 2.89 bits per heavy atom. The molecule has 2 atom stereocenters. The highest BCUT2D eigenvalue weighted by Crippen LogP contribution is 2.17. The minimum Gasteiger partial charge on any atom is -0.459 e. The molecule has 0 spiro atoms. The second kappa shape index (κ2) is 5.98. The summed E-state index contributed by atoms with van der Waals surface area (Å²) in [5.41, 5.74) is 2.48. The number of esters is 1. The van der Waals surface area contributed by atoms with E-state index < -0.39 is 0 Å². The third-order valence-electron chi connectivity index (χ3n) is 3.08. The van der Waals surface area contributed by atoms with Gasteiger partial charge in [0.25, 0.3) is 0 Å². The fourth-order valence-corrected chi connectivity index (χ4v) is 2.17. The molecule has 1 aromatic carbocycles. The molecular weight excluding hydrogens is 230 g/mol. The zero-order valence-corrected chi connectivity index (χ0v) is 10.8. The van der Waals surface area contributed by atoms with E-state index in [1.54, 1.807) is 7.11 Å². The molecule has 2 rings (SSSR count). The number of hydrogen-bond acceptors (Lipinski definition) is 4. The van der Waals surface area contributed by atoms with E-state index in [1.807, 2.05) is 19.1 Å². The molecule has 1 N–H and O–H groups in total. The van der Waals surface area contributed by atoms with Gasteiger partial charge < -0.3 is 14.8 Å². The highest BCUT2D eigenvalue weighted by atomic mass is 16.6. The monoisotopic (exact) mass is 249 g/mol. The van der Waals surface area contributed by atoms with Crippen molar-refractivity contribution in [2.75, 3.05) is 13.7 Å². The Labute approximate surface area is 107 Å². The molecule has 0 amide bonds. The van der Waals surface area contributed by atoms with Gasteiger partial charge in [0.1, 0.15) is 12.1 Å². The van der Waals surface area contributed by atoms with Crippen molar-refractivity contribution in [3.05, 3.63) is 35.4 Å². The van der Waals surface area contributed by atoms with Crippen molar-refractivity contribution >= 4 is 5.97 Å². The van der Waals surface area contributed by atoms with Gasteiger partial charge in [-0.15, -0.1) is 0 Å². The standard InChI is InChI=1S/C14H19NO3/c1-10(9-17-2)18-14(16)13-7-11-5-3-4-6-12(11)8-15-13/h3-6,10,13,15H,7-9H2,1-2H3. The molecule has 0 saturated heterocycles. The van der Waals surface area contributed by atoms with Crippen LogP contribution in [0, 0.1) is 0 Å². The van der Waals surface area contributed by atoms with Crippen LogP contribution in [-0.4, -0.2) is 31.8 Å². The van der Waals surface area contributed by atoms with Gasteiger partial charge in [0.2, 0.25) is 0 Å².